The molecule has 0 saturated heterocycles. The second kappa shape index (κ2) is 9.51. The Balaban J connectivity index is 1.78. The molecule has 6 heteroatoms. The summed E-state index contributed by atoms with van der Waals surface area (Å²) in [6.45, 7) is 5.17. The maximum absolute atomic E-state index is 12.1. The summed E-state index contributed by atoms with van der Waals surface area (Å²) in [4.78, 5) is 12.1. The second-order valence-electron chi connectivity index (χ2n) is 6.57. The Morgan fingerprint density at radius 1 is 1.16 bits per heavy atom. The van der Waals surface area contributed by atoms with Crippen molar-refractivity contribution < 1.29 is 19.0 Å². The average Bonchev–Trinajstić information content (AvgIpc) is 2.61. The molecule has 0 bridgehead atoms. The Bertz CT molecular complexity index is 577. The molecule has 1 aromatic rings. The fourth-order valence-electron chi connectivity index (χ4n) is 3.19. The summed E-state index contributed by atoms with van der Waals surface area (Å²) in [5.74, 6) is 1.83. The number of anilines is 1. The van der Waals surface area contributed by atoms with Crippen LogP contribution in [0.4, 0.5) is 10.5 Å². The van der Waals surface area contributed by atoms with E-state index in [0.29, 0.717) is 42.4 Å². The van der Waals surface area contributed by atoms with Crippen molar-refractivity contribution in [2.24, 2.45) is 5.92 Å². The third-order valence-electron chi connectivity index (χ3n) is 4.73. The van der Waals surface area contributed by atoms with E-state index in [9.17, 15) is 4.79 Å². The van der Waals surface area contributed by atoms with Crippen LogP contribution in [0, 0.1) is 12.8 Å². The summed E-state index contributed by atoms with van der Waals surface area (Å²) in [5, 5.41) is 5.67. The molecule has 0 aromatic heterocycles. The van der Waals surface area contributed by atoms with Gasteiger partial charge in [0, 0.05) is 18.3 Å². The Labute approximate surface area is 150 Å². The lowest BCUT2D eigenvalue weighted by Gasteiger charge is -2.28. The van der Waals surface area contributed by atoms with E-state index in [0.717, 1.165) is 12.0 Å². The molecule has 2 unspecified atom stereocenters. The van der Waals surface area contributed by atoms with Gasteiger partial charge < -0.3 is 24.8 Å². The van der Waals surface area contributed by atoms with Crippen molar-refractivity contribution in [1.82, 2.24) is 5.32 Å². The average molecular weight is 350 g/mol. The van der Waals surface area contributed by atoms with Crippen molar-refractivity contribution in [2.45, 2.75) is 45.6 Å². The minimum absolute atomic E-state index is 0.254. The summed E-state index contributed by atoms with van der Waals surface area (Å²) in [7, 11) is 3.16. The lowest BCUT2D eigenvalue weighted by Crippen LogP contribution is -2.34. The molecule has 0 spiro atoms. The van der Waals surface area contributed by atoms with Crippen molar-refractivity contribution in [2.75, 3.05) is 32.7 Å². The van der Waals surface area contributed by atoms with E-state index in [2.05, 4.69) is 17.6 Å². The van der Waals surface area contributed by atoms with Gasteiger partial charge in [-0.2, -0.15) is 0 Å². The van der Waals surface area contributed by atoms with Gasteiger partial charge in [-0.1, -0.05) is 19.8 Å². The first-order valence-electron chi connectivity index (χ1n) is 8.94. The highest BCUT2D eigenvalue weighted by molar-refractivity contribution is 5.90. The third kappa shape index (κ3) is 5.53. The lowest BCUT2D eigenvalue weighted by atomic mass is 9.88. The highest BCUT2D eigenvalue weighted by Gasteiger charge is 2.21. The van der Waals surface area contributed by atoms with E-state index >= 15 is 0 Å². The molecule has 2 amide bonds. The van der Waals surface area contributed by atoms with Crippen LogP contribution in [0.25, 0.3) is 0 Å². The van der Waals surface area contributed by atoms with Crippen molar-refractivity contribution in [1.29, 1.82) is 0 Å². The summed E-state index contributed by atoms with van der Waals surface area (Å²) >= 11 is 0. The maximum Gasteiger partial charge on any atom is 0.319 e. The summed E-state index contributed by atoms with van der Waals surface area (Å²) in [5.41, 5.74) is 1.59. The van der Waals surface area contributed by atoms with Gasteiger partial charge in [0.05, 0.1) is 26.9 Å². The number of urea groups is 1. The molecule has 0 heterocycles. The fraction of sp³-hybridized carbons (Fsp3) is 0.632. The number of hydrogen-bond donors (Lipinski definition) is 2. The molecule has 6 nitrogen and oxygen atoms in total. The van der Waals surface area contributed by atoms with Crippen LogP contribution in [-0.2, 0) is 4.74 Å². The normalized spacial score (nSPS) is 20.0. The molecule has 2 rings (SSSR count). The number of aryl methyl sites for hydroxylation is 1. The molecule has 0 aliphatic heterocycles. The zero-order valence-corrected chi connectivity index (χ0v) is 15.7. The van der Waals surface area contributed by atoms with E-state index in [1.807, 2.05) is 13.0 Å². The summed E-state index contributed by atoms with van der Waals surface area (Å²) in [6.07, 6.45) is 5.22. The van der Waals surface area contributed by atoms with Crippen LogP contribution in [0.5, 0.6) is 11.5 Å². The molecule has 1 aliphatic rings. The van der Waals surface area contributed by atoms with Crippen molar-refractivity contribution in [3.63, 3.8) is 0 Å². The van der Waals surface area contributed by atoms with Gasteiger partial charge in [0.1, 0.15) is 0 Å². The first kappa shape index (κ1) is 19.4. The highest BCUT2D eigenvalue weighted by atomic mass is 16.5. The molecular formula is C19H30N2O4. The Hall–Kier alpha value is -1.95. The number of hydrogen-bond acceptors (Lipinski definition) is 4. The fourth-order valence-corrected chi connectivity index (χ4v) is 3.19. The monoisotopic (exact) mass is 350 g/mol. The number of methoxy groups -OCH3 is 2. The molecule has 25 heavy (non-hydrogen) atoms. The van der Waals surface area contributed by atoms with Crippen LogP contribution in [0.2, 0.25) is 0 Å². The second-order valence-corrected chi connectivity index (χ2v) is 6.57. The predicted octanol–water partition coefficient (Wildman–Crippen LogP) is 3.73. The zero-order chi connectivity index (χ0) is 18.2. The standard InChI is InChI=1S/C19H30N2O4/c1-13-7-5-6-8-16(13)25-10-9-20-19(22)21-15-12-18(24-4)17(23-3)11-14(15)2/h11-13,16H,5-10H2,1-4H3,(H2,20,21,22). The molecule has 2 atom stereocenters. The maximum atomic E-state index is 12.1. The predicted molar refractivity (Wildman–Crippen MR) is 98.7 cm³/mol. The van der Waals surface area contributed by atoms with Crippen molar-refractivity contribution in [3.05, 3.63) is 17.7 Å². The Morgan fingerprint density at radius 2 is 1.84 bits per heavy atom. The van der Waals surface area contributed by atoms with Gasteiger partial charge in [-0.3, -0.25) is 0 Å². The highest BCUT2D eigenvalue weighted by Crippen LogP contribution is 2.32. The number of ether oxygens (including phenoxy) is 3. The molecule has 2 N–H and O–H groups in total. The molecule has 1 aromatic carbocycles. The van der Waals surface area contributed by atoms with Gasteiger partial charge in [0.25, 0.3) is 0 Å². The molecular weight excluding hydrogens is 320 g/mol. The zero-order valence-electron chi connectivity index (χ0n) is 15.7. The van der Waals surface area contributed by atoms with E-state index in [1.165, 1.54) is 19.3 Å². The minimum atomic E-state index is -0.254. The van der Waals surface area contributed by atoms with Crippen molar-refractivity contribution >= 4 is 11.7 Å². The number of carbonyl (C=O) groups excluding carboxylic acids is 1. The van der Waals surface area contributed by atoms with Crippen LogP contribution < -0.4 is 20.1 Å². The van der Waals surface area contributed by atoms with Crippen LogP contribution in [0.3, 0.4) is 0 Å². The quantitative estimate of drug-likeness (QED) is 0.735. The first-order valence-corrected chi connectivity index (χ1v) is 8.94. The number of nitrogens with one attached hydrogen (secondary N) is 2. The van der Waals surface area contributed by atoms with Gasteiger partial charge >= 0.3 is 6.03 Å². The van der Waals surface area contributed by atoms with Gasteiger partial charge in [0.2, 0.25) is 0 Å². The van der Waals surface area contributed by atoms with E-state index < -0.39 is 0 Å². The third-order valence-corrected chi connectivity index (χ3v) is 4.73. The topological polar surface area (TPSA) is 68.8 Å². The largest absolute Gasteiger partial charge is 0.493 e. The van der Waals surface area contributed by atoms with E-state index in [4.69, 9.17) is 14.2 Å². The lowest BCUT2D eigenvalue weighted by molar-refractivity contribution is -0.00232. The SMILES string of the molecule is COc1cc(C)c(NC(=O)NCCOC2CCCCC2C)cc1OC. The van der Waals surface area contributed by atoms with Crippen LogP contribution in [0.1, 0.15) is 38.2 Å². The summed E-state index contributed by atoms with van der Waals surface area (Å²) in [6, 6.07) is 3.34. The molecule has 0 radical (unpaired) electrons. The van der Waals surface area contributed by atoms with E-state index in [1.54, 1.807) is 20.3 Å². The molecule has 1 aliphatic carbocycles. The number of carbonyl (C=O) groups is 1. The van der Waals surface area contributed by atoms with Crippen molar-refractivity contribution in [3.8, 4) is 11.5 Å². The smallest absolute Gasteiger partial charge is 0.319 e. The van der Waals surface area contributed by atoms with Crippen LogP contribution >= 0.6 is 0 Å². The van der Waals surface area contributed by atoms with Gasteiger partial charge in [-0.15, -0.1) is 0 Å². The summed E-state index contributed by atoms with van der Waals surface area (Å²) < 4.78 is 16.4. The van der Waals surface area contributed by atoms with Gasteiger partial charge in [-0.25, -0.2) is 4.79 Å². The Kier molecular flexibility index (Phi) is 7.37. The number of amides is 2. The first-order chi connectivity index (χ1) is 12.0. The van der Waals surface area contributed by atoms with Gasteiger partial charge in [0.15, 0.2) is 11.5 Å². The number of benzene rings is 1. The van der Waals surface area contributed by atoms with Crippen LogP contribution in [-0.4, -0.2) is 39.5 Å². The van der Waals surface area contributed by atoms with E-state index in [-0.39, 0.29) is 6.03 Å². The molecule has 140 valence electrons. The number of rotatable bonds is 7. The molecule has 1 fully saturated rings. The Morgan fingerprint density at radius 3 is 2.52 bits per heavy atom. The van der Waals surface area contributed by atoms with Gasteiger partial charge in [-0.05, 0) is 37.3 Å². The van der Waals surface area contributed by atoms with Crippen LogP contribution in [0.15, 0.2) is 12.1 Å². The minimum Gasteiger partial charge on any atom is -0.493 e. The molecule has 1 saturated carbocycles.